The zero-order valence-corrected chi connectivity index (χ0v) is 15.1. The zero-order chi connectivity index (χ0) is 18.6. The van der Waals surface area contributed by atoms with Crippen LogP contribution in [0.5, 0.6) is 0 Å². The van der Waals surface area contributed by atoms with Crippen LogP contribution < -0.4 is 0 Å². The van der Waals surface area contributed by atoms with Gasteiger partial charge in [0.2, 0.25) is 17.6 Å². The fourth-order valence-corrected chi connectivity index (χ4v) is 3.40. The zero-order valence-electron chi connectivity index (χ0n) is 15.1. The van der Waals surface area contributed by atoms with Gasteiger partial charge in [0, 0.05) is 13.5 Å². The van der Waals surface area contributed by atoms with E-state index in [-0.39, 0.29) is 17.9 Å². The van der Waals surface area contributed by atoms with Crippen LogP contribution in [0.2, 0.25) is 0 Å². The fourth-order valence-electron chi connectivity index (χ4n) is 3.40. The summed E-state index contributed by atoms with van der Waals surface area (Å²) in [6.07, 6.45) is -0.368. The number of benzene rings is 2. The van der Waals surface area contributed by atoms with Crippen molar-refractivity contribution in [2.75, 3.05) is 19.7 Å². The molecule has 0 N–H and O–H groups in total. The van der Waals surface area contributed by atoms with E-state index in [1.54, 1.807) is 6.92 Å². The minimum atomic E-state index is -0.368. The molecule has 0 radical (unpaired) electrons. The van der Waals surface area contributed by atoms with Crippen molar-refractivity contribution in [3.8, 4) is 0 Å². The normalized spacial score (nSPS) is 17.3. The molecule has 0 saturated carbocycles. The molecule has 4 rings (SSSR count). The first-order chi connectivity index (χ1) is 13.2. The van der Waals surface area contributed by atoms with Gasteiger partial charge in [-0.1, -0.05) is 65.8 Å². The Morgan fingerprint density at radius 1 is 1.07 bits per heavy atom. The van der Waals surface area contributed by atoms with Gasteiger partial charge in [-0.2, -0.15) is 4.98 Å². The summed E-state index contributed by atoms with van der Waals surface area (Å²) in [6.45, 7) is 3.14. The van der Waals surface area contributed by atoms with Gasteiger partial charge in [0.05, 0.1) is 19.1 Å². The summed E-state index contributed by atoms with van der Waals surface area (Å²) < 4.78 is 10.8. The minimum absolute atomic E-state index is 0.0564. The van der Waals surface area contributed by atoms with E-state index in [1.165, 1.54) is 0 Å². The van der Waals surface area contributed by atoms with Crippen LogP contribution in [-0.4, -0.2) is 40.6 Å². The molecule has 1 aliphatic rings. The molecule has 1 aromatic heterocycles. The number of hydrogen-bond donors (Lipinski definition) is 0. The molecule has 0 spiro atoms. The van der Waals surface area contributed by atoms with E-state index in [0.29, 0.717) is 31.4 Å². The first kappa shape index (κ1) is 17.4. The SMILES string of the molecule is Cc1nc([C@@H]2CN(C(=O)C(c3ccccc3)c3ccccc3)CCO2)no1. The van der Waals surface area contributed by atoms with Crippen molar-refractivity contribution in [2.45, 2.75) is 18.9 Å². The van der Waals surface area contributed by atoms with Crippen molar-refractivity contribution in [3.63, 3.8) is 0 Å². The summed E-state index contributed by atoms with van der Waals surface area (Å²) in [5.74, 6) is 0.684. The van der Waals surface area contributed by atoms with E-state index in [0.717, 1.165) is 11.1 Å². The van der Waals surface area contributed by atoms with Gasteiger partial charge >= 0.3 is 0 Å². The standard InChI is InChI=1S/C21H21N3O3/c1-15-22-20(23-27-15)18-14-24(12-13-26-18)21(25)19(16-8-4-2-5-9-16)17-10-6-3-7-11-17/h2-11,18-19H,12-14H2,1H3/t18-/m0/s1. The summed E-state index contributed by atoms with van der Waals surface area (Å²) in [5.41, 5.74) is 1.96. The maximum atomic E-state index is 13.5. The number of aromatic nitrogens is 2. The molecule has 1 saturated heterocycles. The van der Waals surface area contributed by atoms with Gasteiger partial charge in [-0.05, 0) is 11.1 Å². The van der Waals surface area contributed by atoms with E-state index in [4.69, 9.17) is 9.26 Å². The van der Waals surface area contributed by atoms with Crippen molar-refractivity contribution < 1.29 is 14.1 Å². The average Bonchev–Trinajstić information content (AvgIpc) is 3.16. The van der Waals surface area contributed by atoms with Crippen LogP contribution in [0, 0.1) is 6.92 Å². The van der Waals surface area contributed by atoms with Crippen molar-refractivity contribution in [3.05, 3.63) is 83.5 Å². The number of carbonyl (C=O) groups excluding carboxylic acids is 1. The number of hydrogen-bond acceptors (Lipinski definition) is 5. The number of ether oxygens (including phenoxy) is 1. The van der Waals surface area contributed by atoms with Crippen LogP contribution in [0.4, 0.5) is 0 Å². The van der Waals surface area contributed by atoms with E-state index in [2.05, 4.69) is 10.1 Å². The molecule has 2 heterocycles. The topological polar surface area (TPSA) is 68.5 Å². The monoisotopic (exact) mass is 363 g/mol. The first-order valence-electron chi connectivity index (χ1n) is 9.03. The summed E-state index contributed by atoms with van der Waals surface area (Å²) in [5, 5.41) is 3.95. The molecule has 1 amide bonds. The third kappa shape index (κ3) is 3.75. The third-order valence-corrected chi connectivity index (χ3v) is 4.72. The fraction of sp³-hybridized carbons (Fsp3) is 0.286. The number of rotatable bonds is 4. The Labute approximate surface area is 157 Å². The molecule has 0 unspecified atom stereocenters. The van der Waals surface area contributed by atoms with E-state index in [9.17, 15) is 4.79 Å². The smallest absolute Gasteiger partial charge is 0.234 e. The van der Waals surface area contributed by atoms with Gasteiger partial charge in [-0.15, -0.1) is 0 Å². The molecule has 0 bridgehead atoms. The Morgan fingerprint density at radius 2 is 1.70 bits per heavy atom. The molecule has 27 heavy (non-hydrogen) atoms. The predicted molar refractivity (Wildman–Crippen MR) is 99.0 cm³/mol. The average molecular weight is 363 g/mol. The molecule has 6 nitrogen and oxygen atoms in total. The molecule has 138 valence electrons. The minimum Gasteiger partial charge on any atom is -0.366 e. The number of carbonyl (C=O) groups is 1. The number of morpholine rings is 1. The van der Waals surface area contributed by atoms with Crippen LogP contribution in [0.15, 0.2) is 65.2 Å². The Balaban J connectivity index is 1.61. The highest BCUT2D eigenvalue weighted by Crippen LogP contribution is 2.29. The van der Waals surface area contributed by atoms with E-state index < -0.39 is 0 Å². The largest absolute Gasteiger partial charge is 0.366 e. The summed E-state index contributed by atoms with van der Waals surface area (Å²) in [6, 6.07) is 19.7. The Hall–Kier alpha value is -2.99. The molecular formula is C21H21N3O3. The molecule has 1 fully saturated rings. The number of amides is 1. The van der Waals surface area contributed by atoms with Crippen LogP contribution in [-0.2, 0) is 9.53 Å². The molecule has 0 aliphatic carbocycles. The molecule has 1 atom stereocenters. The van der Waals surface area contributed by atoms with E-state index in [1.807, 2.05) is 65.6 Å². The van der Waals surface area contributed by atoms with Gasteiger partial charge in [0.15, 0.2) is 0 Å². The Kier molecular flexibility index (Phi) is 4.98. The summed E-state index contributed by atoms with van der Waals surface area (Å²) in [4.78, 5) is 19.6. The summed E-state index contributed by atoms with van der Waals surface area (Å²) >= 11 is 0. The van der Waals surface area contributed by atoms with Crippen LogP contribution in [0.1, 0.15) is 34.9 Å². The van der Waals surface area contributed by atoms with Gasteiger partial charge in [0.25, 0.3) is 0 Å². The lowest BCUT2D eigenvalue weighted by Crippen LogP contribution is -2.44. The first-order valence-corrected chi connectivity index (χ1v) is 9.03. The van der Waals surface area contributed by atoms with Crippen molar-refractivity contribution >= 4 is 5.91 Å². The highest BCUT2D eigenvalue weighted by molar-refractivity contribution is 5.87. The second-order valence-corrected chi connectivity index (χ2v) is 6.57. The highest BCUT2D eigenvalue weighted by Gasteiger charge is 2.33. The second kappa shape index (κ2) is 7.72. The quantitative estimate of drug-likeness (QED) is 0.712. The van der Waals surface area contributed by atoms with Crippen molar-refractivity contribution in [1.29, 1.82) is 0 Å². The van der Waals surface area contributed by atoms with Crippen molar-refractivity contribution in [2.24, 2.45) is 0 Å². The maximum Gasteiger partial charge on any atom is 0.234 e. The van der Waals surface area contributed by atoms with Crippen LogP contribution in [0.3, 0.4) is 0 Å². The number of nitrogens with zero attached hydrogens (tertiary/aromatic N) is 3. The molecule has 2 aromatic carbocycles. The third-order valence-electron chi connectivity index (χ3n) is 4.72. The summed E-state index contributed by atoms with van der Waals surface area (Å²) in [7, 11) is 0. The Bertz CT molecular complexity index is 856. The van der Waals surface area contributed by atoms with Gasteiger partial charge in [-0.3, -0.25) is 4.79 Å². The lowest BCUT2D eigenvalue weighted by molar-refractivity contribution is -0.140. The van der Waals surface area contributed by atoms with Crippen LogP contribution >= 0.6 is 0 Å². The van der Waals surface area contributed by atoms with Gasteiger partial charge < -0.3 is 14.2 Å². The number of aryl methyl sites for hydroxylation is 1. The second-order valence-electron chi connectivity index (χ2n) is 6.57. The van der Waals surface area contributed by atoms with Gasteiger partial charge in [-0.25, -0.2) is 0 Å². The highest BCUT2D eigenvalue weighted by atomic mass is 16.5. The molecule has 3 aromatic rings. The lowest BCUT2D eigenvalue weighted by Gasteiger charge is -2.34. The maximum absolute atomic E-state index is 13.5. The molecule has 1 aliphatic heterocycles. The van der Waals surface area contributed by atoms with Crippen molar-refractivity contribution in [1.82, 2.24) is 15.0 Å². The van der Waals surface area contributed by atoms with Gasteiger partial charge in [0.1, 0.15) is 6.10 Å². The van der Waals surface area contributed by atoms with Crippen LogP contribution in [0.25, 0.3) is 0 Å². The predicted octanol–water partition coefficient (Wildman–Crippen LogP) is 3.11. The van der Waals surface area contributed by atoms with E-state index >= 15 is 0 Å². The Morgan fingerprint density at radius 3 is 2.26 bits per heavy atom. The molecular weight excluding hydrogens is 342 g/mol. The molecule has 6 heteroatoms. The lowest BCUT2D eigenvalue weighted by atomic mass is 9.90.